The molecule has 0 aliphatic rings. The van der Waals surface area contributed by atoms with Crippen LogP contribution in [0.15, 0.2) is 40.1 Å². The molecule has 0 radical (unpaired) electrons. The monoisotopic (exact) mass is 313 g/mol. The number of hydrogen-bond acceptors (Lipinski definition) is 3. The summed E-state index contributed by atoms with van der Waals surface area (Å²) < 4.78 is 2.49. The third kappa shape index (κ3) is 2.95. The van der Waals surface area contributed by atoms with E-state index in [-0.39, 0.29) is 25.2 Å². The molecule has 0 amide bonds. The highest BCUT2D eigenvalue weighted by Gasteiger charge is 2.08. The zero-order valence-corrected chi connectivity index (χ0v) is 12.1. The van der Waals surface area contributed by atoms with Gasteiger partial charge in [-0.3, -0.25) is 13.9 Å². The van der Waals surface area contributed by atoms with E-state index in [2.05, 4.69) is 0 Å². The number of nitrogens with zero attached hydrogens (tertiary/aromatic N) is 2. The topological polar surface area (TPSA) is 70.0 Å². The first-order chi connectivity index (χ1) is 9.54. The molecule has 20 heavy (non-hydrogen) atoms. The van der Waals surface area contributed by atoms with Crippen LogP contribution in [0.25, 0.3) is 0 Å². The molecule has 0 spiro atoms. The van der Waals surface area contributed by atoms with Gasteiger partial charge in [-0.15, -0.1) is 0 Å². The van der Waals surface area contributed by atoms with Gasteiger partial charge in [-0.25, -0.2) is 4.79 Å². The van der Waals surface area contributed by atoms with Crippen LogP contribution >= 0.6 is 23.2 Å². The minimum Gasteiger partial charge on any atom is -0.329 e. The molecule has 0 atom stereocenters. The SMILES string of the molecule is NCCn1c(=O)ccn(Cc2cccc(Cl)c2Cl)c1=O. The maximum atomic E-state index is 12.2. The van der Waals surface area contributed by atoms with Crippen LogP contribution in [0.2, 0.25) is 10.0 Å². The molecule has 2 N–H and O–H groups in total. The highest BCUT2D eigenvalue weighted by Crippen LogP contribution is 2.25. The van der Waals surface area contributed by atoms with E-state index >= 15 is 0 Å². The molecule has 0 unspecified atom stereocenters. The van der Waals surface area contributed by atoms with E-state index in [9.17, 15) is 9.59 Å². The van der Waals surface area contributed by atoms with E-state index in [1.165, 1.54) is 16.8 Å². The summed E-state index contributed by atoms with van der Waals surface area (Å²) in [7, 11) is 0. The third-order valence-corrected chi connectivity index (χ3v) is 3.72. The Hall–Kier alpha value is -1.56. The minimum atomic E-state index is -0.418. The van der Waals surface area contributed by atoms with Gasteiger partial charge < -0.3 is 5.73 Å². The van der Waals surface area contributed by atoms with Gasteiger partial charge in [0.2, 0.25) is 0 Å². The molecule has 0 saturated carbocycles. The summed E-state index contributed by atoms with van der Waals surface area (Å²) in [4.78, 5) is 23.8. The second kappa shape index (κ2) is 6.26. The van der Waals surface area contributed by atoms with Crippen LogP contribution in [0.4, 0.5) is 0 Å². The molecule has 1 aromatic carbocycles. The van der Waals surface area contributed by atoms with Crippen LogP contribution in [-0.2, 0) is 13.1 Å². The smallest absolute Gasteiger partial charge is 0.329 e. The van der Waals surface area contributed by atoms with Crippen molar-refractivity contribution in [2.45, 2.75) is 13.1 Å². The molecular formula is C13H13Cl2N3O2. The average Bonchev–Trinajstić information content (AvgIpc) is 2.43. The Morgan fingerprint density at radius 3 is 2.60 bits per heavy atom. The van der Waals surface area contributed by atoms with Crippen LogP contribution < -0.4 is 17.0 Å². The van der Waals surface area contributed by atoms with Crippen LogP contribution in [-0.4, -0.2) is 15.7 Å². The van der Waals surface area contributed by atoms with Gasteiger partial charge in [-0.2, -0.15) is 0 Å². The first-order valence-corrected chi connectivity index (χ1v) is 6.73. The Morgan fingerprint density at radius 1 is 1.15 bits per heavy atom. The molecule has 0 fully saturated rings. The minimum absolute atomic E-state index is 0.182. The Morgan fingerprint density at radius 2 is 1.90 bits per heavy atom. The van der Waals surface area contributed by atoms with Crippen molar-refractivity contribution in [3.63, 3.8) is 0 Å². The molecule has 2 rings (SSSR count). The standard InChI is InChI=1S/C13H13Cl2N3O2/c14-10-3-1-2-9(12(10)15)8-17-6-4-11(19)18(7-5-16)13(17)20/h1-4,6H,5,7-8,16H2. The van der Waals surface area contributed by atoms with E-state index in [4.69, 9.17) is 28.9 Å². The number of hydrogen-bond donors (Lipinski definition) is 1. The van der Waals surface area contributed by atoms with Crippen molar-refractivity contribution < 1.29 is 0 Å². The molecule has 5 nitrogen and oxygen atoms in total. The highest BCUT2D eigenvalue weighted by atomic mass is 35.5. The Balaban J connectivity index is 2.45. The van der Waals surface area contributed by atoms with E-state index in [1.54, 1.807) is 18.2 Å². The van der Waals surface area contributed by atoms with Crippen LogP contribution in [0.5, 0.6) is 0 Å². The van der Waals surface area contributed by atoms with Crippen molar-refractivity contribution in [3.05, 3.63) is 66.9 Å². The van der Waals surface area contributed by atoms with E-state index < -0.39 is 5.69 Å². The van der Waals surface area contributed by atoms with Crippen molar-refractivity contribution in [1.82, 2.24) is 9.13 Å². The first kappa shape index (κ1) is 14.8. The van der Waals surface area contributed by atoms with Crippen LogP contribution in [0.1, 0.15) is 5.56 Å². The molecule has 2 aromatic rings. The summed E-state index contributed by atoms with van der Waals surface area (Å²) in [5.74, 6) is 0. The van der Waals surface area contributed by atoms with Gasteiger partial charge in [0.25, 0.3) is 5.56 Å². The predicted octanol–water partition coefficient (Wildman–Crippen LogP) is 1.32. The van der Waals surface area contributed by atoms with Crippen molar-refractivity contribution in [3.8, 4) is 0 Å². The fraction of sp³-hybridized carbons (Fsp3) is 0.231. The number of nitrogens with two attached hydrogens (primary N) is 1. The molecule has 0 bridgehead atoms. The van der Waals surface area contributed by atoms with Crippen molar-refractivity contribution >= 4 is 23.2 Å². The van der Waals surface area contributed by atoms with Gasteiger partial charge in [-0.1, -0.05) is 35.3 Å². The van der Waals surface area contributed by atoms with E-state index in [0.29, 0.717) is 15.6 Å². The Kier molecular flexibility index (Phi) is 4.65. The fourth-order valence-corrected chi connectivity index (χ4v) is 2.25. The summed E-state index contributed by atoms with van der Waals surface area (Å²) in [5.41, 5.74) is 5.32. The van der Waals surface area contributed by atoms with Crippen LogP contribution in [0.3, 0.4) is 0 Å². The molecule has 0 aliphatic carbocycles. The average molecular weight is 314 g/mol. The second-order valence-corrected chi connectivity index (χ2v) is 5.00. The molecule has 106 valence electrons. The van der Waals surface area contributed by atoms with Gasteiger partial charge in [0.1, 0.15) is 0 Å². The Labute approximate surface area is 125 Å². The zero-order valence-electron chi connectivity index (χ0n) is 10.6. The van der Waals surface area contributed by atoms with E-state index in [1.807, 2.05) is 0 Å². The summed E-state index contributed by atoms with van der Waals surface area (Å²) in [5, 5.41) is 0.824. The Bertz CT molecular complexity index is 737. The number of halogens is 2. The lowest BCUT2D eigenvalue weighted by molar-refractivity contribution is 0.579. The molecule has 1 aromatic heterocycles. The summed E-state index contributed by atoms with van der Waals surface area (Å²) in [6.07, 6.45) is 1.44. The maximum absolute atomic E-state index is 12.2. The summed E-state index contributed by atoms with van der Waals surface area (Å²) >= 11 is 12.0. The zero-order chi connectivity index (χ0) is 14.7. The van der Waals surface area contributed by atoms with Crippen molar-refractivity contribution in [2.24, 2.45) is 5.73 Å². The summed E-state index contributed by atoms with van der Waals surface area (Å²) in [6.45, 7) is 0.641. The number of rotatable bonds is 4. The van der Waals surface area contributed by atoms with Crippen molar-refractivity contribution in [1.29, 1.82) is 0 Å². The van der Waals surface area contributed by atoms with Crippen molar-refractivity contribution in [2.75, 3.05) is 6.54 Å². The molecule has 0 aliphatic heterocycles. The first-order valence-electron chi connectivity index (χ1n) is 5.98. The van der Waals surface area contributed by atoms with Gasteiger partial charge in [0, 0.05) is 25.4 Å². The lowest BCUT2D eigenvalue weighted by Crippen LogP contribution is -2.40. The fourth-order valence-electron chi connectivity index (χ4n) is 1.87. The van der Waals surface area contributed by atoms with Crippen LogP contribution in [0, 0.1) is 0 Å². The van der Waals surface area contributed by atoms with Gasteiger partial charge in [-0.05, 0) is 11.6 Å². The largest absolute Gasteiger partial charge is 0.331 e. The lowest BCUT2D eigenvalue weighted by Gasteiger charge is -2.10. The normalized spacial score (nSPS) is 10.8. The quantitative estimate of drug-likeness (QED) is 0.925. The number of aromatic nitrogens is 2. The summed E-state index contributed by atoms with van der Waals surface area (Å²) in [6, 6.07) is 6.53. The molecular weight excluding hydrogens is 301 g/mol. The maximum Gasteiger partial charge on any atom is 0.331 e. The van der Waals surface area contributed by atoms with Gasteiger partial charge >= 0.3 is 5.69 Å². The molecule has 7 heteroatoms. The predicted molar refractivity (Wildman–Crippen MR) is 79.6 cm³/mol. The van der Waals surface area contributed by atoms with Gasteiger partial charge in [0.15, 0.2) is 0 Å². The highest BCUT2D eigenvalue weighted by molar-refractivity contribution is 6.42. The number of benzene rings is 1. The second-order valence-electron chi connectivity index (χ2n) is 4.22. The molecule has 0 saturated heterocycles. The lowest BCUT2D eigenvalue weighted by atomic mass is 10.2. The third-order valence-electron chi connectivity index (χ3n) is 2.86. The van der Waals surface area contributed by atoms with E-state index in [0.717, 1.165) is 4.57 Å². The molecule has 1 heterocycles. The van der Waals surface area contributed by atoms with Gasteiger partial charge in [0.05, 0.1) is 16.6 Å².